The van der Waals surface area contributed by atoms with Gasteiger partial charge in [0.2, 0.25) is 17.5 Å². The van der Waals surface area contributed by atoms with Crippen LogP contribution in [0.3, 0.4) is 0 Å². The first kappa shape index (κ1) is 17.4. The van der Waals surface area contributed by atoms with Crippen molar-refractivity contribution >= 4 is 27.2 Å². The van der Waals surface area contributed by atoms with Gasteiger partial charge in [-0.3, -0.25) is 0 Å². The maximum absolute atomic E-state index is 13.0. The molecule has 0 amide bonds. The molecule has 0 saturated carbocycles. The average molecular weight is 403 g/mol. The fourth-order valence-corrected chi connectivity index (χ4v) is 4.36. The van der Waals surface area contributed by atoms with Crippen LogP contribution in [0.2, 0.25) is 0 Å². The van der Waals surface area contributed by atoms with Gasteiger partial charge in [0.05, 0.1) is 9.77 Å². The Morgan fingerprint density at radius 2 is 2.00 bits per heavy atom. The lowest BCUT2D eigenvalue weighted by Gasteiger charge is -2.21. The van der Waals surface area contributed by atoms with Crippen LogP contribution >= 0.6 is 11.3 Å². The molecule has 0 aliphatic carbocycles. The monoisotopic (exact) mass is 403 g/mol. The van der Waals surface area contributed by atoms with Crippen molar-refractivity contribution in [1.82, 2.24) is 4.98 Å². The first-order chi connectivity index (χ1) is 13.0. The molecule has 3 heterocycles. The minimum absolute atomic E-state index is 0.00721. The van der Waals surface area contributed by atoms with Gasteiger partial charge in [-0.1, -0.05) is 6.07 Å². The fraction of sp³-hybridized carbons (Fsp3) is 0.176. The summed E-state index contributed by atoms with van der Waals surface area (Å²) in [5, 5.41) is 11.2. The molecule has 0 radical (unpaired) electrons. The van der Waals surface area contributed by atoms with Crippen LogP contribution in [-0.2, 0) is 10.0 Å². The molecule has 0 atom stereocenters. The minimum Gasteiger partial charge on any atom is -0.486 e. The second kappa shape index (κ2) is 6.61. The van der Waals surface area contributed by atoms with Crippen molar-refractivity contribution in [1.29, 1.82) is 5.26 Å². The predicted octanol–water partition coefficient (Wildman–Crippen LogP) is 2.87. The minimum atomic E-state index is -4.00. The molecular weight excluding hydrogens is 390 g/mol. The third-order valence-electron chi connectivity index (χ3n) is 3.91. The van der Waals surface area contributed by atoms with Gasteiger partial charge in [-0.2, -0.15) is 10.2 Å². The third-order valence-corrected chi connectivity index (χ3v) is 6.50. The smallest absolute Gasteiger partial charge is 0.266 e. The van der Waals surface area contributed by atoms with E-state index in [9.17, 15) is 13.7 Å². The molecule has 0 unspecified atom stereocenters. The zero-order chi connectivity index (χ0) is 19.0. The highest BCUT2D eigenvalue weighted by Crippen LogP contribution is 2.36. The summed E-state index contributed by atoms with van der Waals surface area (Å²) in [6.45, 7) is 0.755. The summed E-state index contributed by atoms with van der Waals surface area (Å²) in [4.78, 5) is 4.79. The molecule has 3 aromatic rings. The predicted molar refractivity (Wildman–Crippen MR) is 97.6 cm³/mol. The van der Waals surface area contributed by atoms with Crippen LogP contribution in [0.5, 0.6) is 11.5 Å². The summed E-state index contributed by atoms with van der Waals surface area (Å²) in [6, 6.07) is 9.82. The zero-order valence-corrected chi connectivity index (χ0v) is 15.7. The van der Waals surface area contributed by atoms with E-state index in [2.05, 4.69) is 4.98 Å². The van der Waals surface area contributed by atoms with Gasteiger partial charge in [0.1, 0.15) is 19.3 Å². The van der Waals surface area contributed by atoms with Crippen molar-refractivity contribution in [2.75, 3.05) is 24.6 Å². The van der Waals surface area contributed by atoms with Crippen molar-refractivity contribution < 1.29 is 22.3 Å². The maximum Gasteiger partial charge on any atom is 0.266 e. The molecule has 8 nitrogen and oxygen atoms in total. The number of hydrogen-bond donors (Lipinski definition) is 0. The second-order valence-corrected chi connectivity index (χ2v) is 8.46. The summed E-state index contributed by atoms with van der Waals surface area (Å²) in [5.41, 5.74) is -0.109. The highest BCUT2D eigenvalue weighted by Gasteiger charge is 2.29. The number of hydrogen-bond acceptors (Lipinski definition) is 8. The number of anilines is 1. The summed E-state index contributed by atoms with van der Waals surface area (Å²) in [6.07, 6.45) is 0. The third kappa shape index (κ3) is 3.01. The van der Waals surface area contributed by atoms with Crippen LogP contribution in [-0.4, -0.2) is 33.7 Å². The number of sulfonamides is 1. The van der Waals surface area contributed by atoms with E-state index in [1.807, 2.05) is 17.5 Å². The van der Waals surface area contributed by atoms with E-state index < -0.39 is 10.0 Å². The van der Waals surface area contributed by atoms with Crippen LogP contribution in [0.4, 0.5) is 5.88 Å². The largest absolute Gasteiger partial charge is 0.486 e. The van der Waals surface area contributed by atoms with Crippen LogP contribution in [0, 0.1) is 11.3 Å². The molecule has 0 saturated heterocycles. The number of fused-ring (bicyclic) bond motifs is 1. The lowest BCUT2D eigenvalue weighted by Crippen LogP contribution is -2.27. The molecule has 27 heavy (non-hydrogen) atoms. The highest BCUT2D eigenvalue weighted by molar-refractivity contribution is 7.92. The van der Waals surface area contributed by atoms with Gasteiger partial charge in [0.15, 0.2) is 11.5 Å². The summed E-state index contributed by atoms with van der Waals surface area (Å²) in [7, 11) is -2.69. The van der Waals surface area contributed by atoms with Gasteiger partial charge < -0.3 is 13.9 Å². The number of ether oxygens (including phenoxy) is 2. The average Bonchev–Trinajstić information content (AvgIpc) is 3.36. The van der Waals surface area contributed by atoms with Crippen molar-refractivity contribution in [3.05, 3.63) is 41.4 Å². The van der Waals surface area contributed by atoms with E-state index in [1.165, 1.54) is 36.6 Å². The molecule has 10 heteroatoms. The highest BCUT2D eigenvalue weighted by atomic mass is 32.2. The molecule has 2 aromatic heterocycles. The molecule has 1 aliphatic rings. The first-order valence-corrected chi connectivity index (χ1v) is 10.2. The maximum atomic E-state index is 13.0. The Morgan fingerprint density at radius 3 is 2.70 bits per heavy atom. The van der Waals surface area contributed by atoms with Gasteiger partial charge in [0.25, 0.3) is 10.0 Å². The van der Waals surface area contributed by atoms with E-state index in [1.54, 1.807) is 6.07 Å². The molecule has 1 aromatic carbocycles. The number of aromatic nitrogens is 1. The Balaban J connectivity index is 1.74. The Labute approximate surface area is 159 Å². The first-order valence-electron chi connectivity index (χ1n) is 7.84. The molecular formula is C17H13N3O5S2. The molecule has 1 aliphatic heterocycles. The van der Waals surface area contributed by atoms with Crippen molar-refractivity contribution in [3.8, 4) is 28.3 Å². The quantitative estimate of drug-likeness (QED) is 0.659. The van der Waals surface area contributed by atoms with Crippen molar-refractivity contribution in [3.63, 3.8) is 0 Å². The lowest BCUT2D eigenvalue weighted by molar-refractivity contribution is 0.171. The van der Waals surface area contributed by atoms with Crippen LogP contribution in [0.25, 0.3) is 10.8 Å². The summed E-state index contributed by atoms with van der Waals surface area (Å²) < 4.78 is 43.4. The van der Waals surface area contributed by atoms with Gasteiger partial charge in [-0.25, -0.2) is 12.7 Å². The Kier molecular flexibility index (Phi) is 4.25. The van der Waals surface area contributed by atoms with E-state index in [-0.39, 0.29) is 22.4 Å². The molecule has 0 bridgehead atoms. The molecule has 138 valence electrons. The molecule has 4 rings (SSSR count). The number of nitrogens with zero attached hydrogens (tertiary/aromatic N) is 3. The standard InChI is InChI=1S/C17H13N3O5S2/c1-20(17-12(10-18)19-16(25-17)15-3-2-8-26-15)27(21,22)11-4-5-13-14(9-11)24-7-6-23-13/h2-5,8-9H,6-7H2,1H3. The van der Waals surface area contributed by atoms with Gasteiger partial charge in [-0.05, 0) is 23.6 Å². The Morgan fingerprint density at radius 1 is 1.22 bits per heavy atom. The van der Waals surface area contributed by atoms with E-state index in [0.29, 0.717) is 29.6 Å². The molecule has 0 N–H and O–H groups in total. The number of rotatable bonds is 4. The summed E-state index contributed by atoms with van der Waals surface area (Å²) >= 11 is 1.38. The van der Waals surface area contributed by atoms with E-state index >= 15 is 0 Å². The van der Waals surface area contributed by atoms with Gasteiger partial charge in [-0.15, -0.1) is 11.3 Å². The van der Waals surface area contributed by atoms with Crippen LogP contribution in [0.15, 0.2) is 45.0 Å². The summed E-state index contributed by atoms with van der Waals surface area (Å²) in [5.74, 6) is 0.893. The van der Waals surface area contributed by atoms with E-state index in [0.717, 1.165) is 4.31 Å². The van der Waals surface area contributed by atoms with Crippen molar-refractivity contribution in [2.45, 2.75) is 4.90 Å². The normalized spacial score (nSPS) is 13.2. The van der Waals surface area contributed by atoms with Crippen molar-refractivity contribution in [2.24, 2.45) is 0 Å². The fourth-order valence-electron chi connectivity index (χ4n) is 2.56. The Hall–Kier alpha value is -3.03. The molecule has 0 spiro atoms. The van der Waals surface area contributed by atoms with E-state index in [4.69, 9.17) is 13.9 Å². The van der Waals surface area contributed by atoms with Gasteiger partial charge in [0, 0.05) is 13.1 Å². The zero-order valence-electron chi connectivity index (χ0n) is 14.1. The topological polar surface area (TPSA) is 106 Å². The van der Waals surface area contributed by atoms with Gasteiger partial charge >= 0.3 is 0 Å². The second-order valence-electron chi connectivity index (χ2n) is 5.54. The lowest BCUT2D eigenvalue weighted by atomic mass is 10.3. The van der Waals surface area contributed by atoms with Crippen LogP contribution in [0.1, 0.15) is 5.69 Å². The number of benzene rings is 1. The Bertz CT molecular complexity index is 1130. The SMILES string of the molecule is CN(c1oc(-c2cccs2)nc1C#N)S(=O)(=O)c1ccc2c(c1)OCCO2. The van der Waals surface area contributed by atoms with Crippen LogP contribution < -0.4 is 13.8 Å². The number of nitriles is 1. The number of thiophene rings is 1. The number of oxazole rings is 1. The molecule has 0 fully saturated rings.